The molecule has 0 aliphatic carbocycles. The molecular weight excluding hydrogens is 304 g/mol. The zero-order chi connectivity index (χ0) is 14.8. The molecule has 2 aromatic heterocycles. The summed E-state index contributed by atoms with van der Waals surface area (Å²) in [6.45, 7) is 8.02. The van der Waals surface area contributed by atoms with Gasteiger partial charge in [0.1, 0.15) is 6.33 Å². The lowest BCUT2D eigenvalue weighted by Crippen LogP contribution is -2.46. The summed E-state index contributed by atoms with van der Waals surface area (Å²) in [7, 11) is 1.93. The first kappa shape index (κ1) is 14.8. The summed E-state index contributed by atoms with van der Waals surface area (Å²) >= 11 is 7.05. The van der Waals surface area contributed by atoms with E-state index in [4.69, 9.17) is 12.2 Å². The summed E-state index contributed by atoms with van der Waals surface area (Å²) < 4.78 is 4.53. The van der Waals surface area contributed by atoms with Crippen LogP contribution < -0.4 is 0 Å². The van der Waals surface area contributed by atoms with Crippen molar-refractivity contribution < 1.29 is 0 Å². The zero-order valence-electron chi connectivity index (χ0n) is 12.4. The molecule has 21 heavy (non-hydrogen) atoms. The quantitative estimate of drug-likeness (QED) is 0.797. The van der Waals surface area contributed by atoms with E-state index < -0.39 is 0 Å². The summed E-state index contributed by atoms with van der Waals surface area (Å²) in [5.41, 5.74) is 1.19. The highest BCUT2D eigenvalue weighted by Crippen LogP contribution is 2.12. The molecule has 6 nitrogen and oxygen atoms in total. The molecule has 3 heterocycles. The molecule has 8 heteroatoms. The summed E-state index contributed by atoms with van der Waals surface area (Å²) in [6, 6.07) is 0. The summed E-state index contributed by atoms with van der Waals surface area (Å²) in [4.78, 5) is 9.39. The highest BCUT2D eigenvalue weighted by atomic mass is 32.1. The molecule has 0 atom stereocenters. The van der Waals surface area contributed by atoms with E-state index in [-0.39, 0.29) is 0 Å². The molecule has 0 unspecified atom stereocenters. The van der Waals surface area contributed by atoms with Crippen molar-refractivity contribution in [3.63, 3.8) is 0 Å². The first-order valence-electron chi connectivity index (χ1n) is 7.06. The predicted octanol–water partition coefficient (Wildman–Crippen LogP) is 1.49. The highest BCUT2D eigenvalue weighted by Gasteiger charge is 2.18. The number of aromatic nitrogens is 4. The van der Waals surface area contributed by atoms with Crippen LogP contribution >= 0.6 is 23.6 Å². The van der Waals surface area contributed by atoms with Crippen LogP contribution in [0.1, 0.15) is 10.7 Å². The van der Waals surface area contributed by atoms with Crippen molar-refractivity contribution >= 4 is 23.6 Å². The van der Waals surface area contributed by atoms with Crippen molar-refractivity contribution in [3.05, 3.63) is 27.2 Å². The average molecular weight is 324 g/mol. The first-order chi connectivity index (χ1) is 10.1. The number of hydrogen-bond acceptors (Lipinski definition) is 6. The Bertz CT molecular complexity index is 650. The van der Waals surface area contributed by atoms with E-state index in [0.717, 1.165) is 49.2 Å². The van der Waals surface area contributed by atoms with Crippen LogP contribution in [0.2, 0.25) is 0 Å². The fraction of sp³-hybridized carbons (Fsp3) is 0.615. The molecule has 0 spiro atoms. The third kappa shape index (κ3) is 3.57. The van der Waals surface area contributed by atoms with Crippen LogP contribution in [-0.2, 0) is 20.3 Å². The van der Waals surface area contributed by atoms with Gasteiger partial charge in [0.05, 0.1) is 17.4 Å². The number of rotatable bonds is 4. The molecule has 3 rings (SSSR count). The Morgan fingerprint density at radius 3 is 2.52 bits per heavy atom. The van der Waals surface area contributed by atoms with E-state index in [2.05, 4.69) is 32.2 Å². The Labute approximate surface area is 133 Å². The van der Waals surface area contributed by atoms with Crippen molar-refractivity contribution in [3.8, 4) is 0 Å². The lowest BCUT2D eigenvalue weighted by molar-refractivity contribution is 0.0973. The molecule has 0 amide bonds. The third-order valence-electron chi connectivity index (χ3n) is 3.74. The van der Waals surface area contributed by atoms with Crippen LogP contribution in [0.15, 0.2) is 11.7 Å². The van der Waals surface area contributed by atoms with Crippen molar-refractivity contribution in [1.82, 2.24) is 29.1 Å². The molecule has 1 aliphatic heterocycles. The number of piperazine rings is 1. The molecular formula is C13H20N6S2. The standard InChI is InChI=1S/C13H20N6S2/c1-11-15-12(8-21-11)7-17-3-5-18(6-4-17)10-19-13(20)16(2)9-14-19/h8-9H,3-7,10H2,1-2H3. The molecule has 0 saturated carbocycles. The minimum absolute atomic E-state index is 0.773. The molecule has 1 fully saturated rings. The van der Waals surface area contributed by atoms with Gasteiger partial charge in [0.2, 0.25) is 0 Å². The largest absolute Gasteiger partial charge is 0.310 e. The van der Waals surface area contributed by atoms with Gasteiger partial charge in [-0.3, -0.25) is 9.80 Å². The average Bonchev–Trinajstić information content (AvgIpc) is 3.01. The molecule has 0 bridgehead atoms. The maximum atomic E-state index is 5.33. The second-order valence-electron chi connectivity index (χ2n) is 5.42. The zero-order valence-corrected chi connectivity index (χ0v) is 14.0. The van der Waals surface area contributed by atoms with Crippen LogP contribution in [0.25, 0.3) is 0 Å². The van der Waals surface area contributed by atoms with Gasteiger partial charge in [-0.05, 0) is 19.1 Å². The van der Waals surface area contributed by atoms with Crippen LogP contribution in [0.3, 0.4) is 0 Å². The first-order valence-corrected chi connectivity index (χ1v) is 8.35. The normalized spacial score (nSPS) is 17.4. The monoisotopic (exact) mass is 324 g/mol. The van der Waals surface area contributed by atoms with Crippen molar-refractivity contribution in [2.75, 3.05) is 26.2 Å². The predicted molar refractivity (Wildman–Crippen MR) is 85.7 cm³/mol. The Morgan fingerprint density at radius 1 is 1.24 bits per heavy atom. The fourth-order valence-electron chi connectivity index (χ4n) is 2.51. The molecule has 1 aliphatic rings. The smallest absolute Gasteiger partial charge is 0.198 e. The number of hydrogen-bond donors (Lipinski definition) is 0. The van der Waals surface area contributed by atoms with Gasteiger partial charge in [-0.25, -0.2) is 9.67 Å². The van der Waals surface area contributed by atoms with Crippen molar-refractivity contribution in [2.24, 2.45) is 7.05 Å². The minimum atomic E-state index is 0.773. The van der Waals surface area contributed by atoms with Crippen LogP contribution in [0.4, 0.5) is 0 Å². The van der Waals surface area contributed by atoms with Crippen molar-refractivity contribution in [1.29, 1.82) is 0 Å². The van der Waals surface area contributed by atoms with E-state index >= 15 is 0 Å². The van der Waals surface area contributed by atoms with E-state index in [1.165, 1.54) is 5.69 Å². The van der Waals surface area contributed by atoms with Gasteiger partial charge in [0.25, 0.3) is 0 Å². The lowest BCUT2D eigenvalue weighted by Gasteiger charge is -2.34. The maximum Gasteiger partial charge on any atom is 0.198 e. The van der Waals surface area contributed by atoms with E-state index in [9.17, 15) is 0 Å². The SMILES string of the molecule is Cc1nc(CN2CCN(Cn3ncn(C)c3=S)CC2)cs1. The second kappa shape index (κ2) is 6.35. The van der Waals surface area contributed by atoms with Gasteiger partial charge < -0.3 is 4.57 Å². The Morgan fingerprint density at radius 2 is 1.95 bits per heavy atom. The number of aryl methyl sites for hydroxylation is 2. The minimum Gasteiger partial charge on any atom is -0.310 e. The Balaban J connectivity index is 1.51. The van der Waals surface area contributed by atoms with E-state index in [1.807, 2.05) is 16.3 Å². The molecule has 0 aromatic carbocycles. The van der Waals surface area contributed by atoms with Gasteiger partial charge >= 0.3 is 0 Å². The van der Waals surface area contributed by atoms with Gasteiger partial charge in [-0.15, -0.1) is 11.3 Å². The van der Waals surface area contributed by atoms with Crippen LogP contribution in [0.5, 0.6) is 0 Å². The Kier molecular flexibility index (Phi) is 4.48. The Hall–Kier alpha value is -1.09. The molecule has 2 aromatic rings. The summed E-state index contributed by atoms with van der Waals surface area (Å²) in [5, 5.41) is 7.62. The third-order valence-corrected chi connectivity index (χ3v) is 5.06. The van der Waals surface area contributed by atoms with Gasteiger partial charge in [0, 0.05) is 45.2 Å². The van der Waals surface area contributed by atoms with Gasteiger partial charge in [-0.1, -0.05) is 0 Å². The molecule has 1 saturated heterocycles. The number of nitrogens with zero attached hydrogens (tertiary/aromatic N) is 6. The molecule has 0 N–H and O–H groups in total. The van der Waals surface area contributed by atoms with Gasteiger partial charge in [-0.2, -0.15) is 5.10 Å². The van der Waals surface area contributed by atoms with Crippen LogP contribution in [-0.4, -0.2) is 55.3 Å². The van der Waals surface area contributed by atoms with Crippen LogP contribution in [0, 0.1) is 11.7 Å². The molecule has 114 valence electrons. The lowest BCUT2D eigenvalue weighted by atomic mass is 10.3. The van der Waals surface area contributed by atoms with Gasteiger partial charge in [0.15, 0.2) is 4.77 Å². The highest BCUT2D eigenvalue weighted by molar-refractivity contribution is 7.71. The van der Waals surface area contributed by atoms with E-state index in [1.54, 1.807) is 17.7 Å². The fourth-order valence-corrected chi connectivity index (χ4v) is 3.26. The number of thiazole rings is 1. The maximum absolute atomic E-state index is 5.33. The van der Waals surface area contributed by atoms with E-state index in [0.29, 0.717) is 0 Å². The topological polar surface area (TPSA) is 42.1 Å². The molecule has 0 radical (unpaired) electrons. The van der Waals surface area contributed by atoms with Crippen molar-refractivity contribution in [2.45, 2.75) is 20.1 Å². The summed E-state index contributed by atoms with van der Waals surface area (Å²) in [6.07, 6.45) is 1.77. The summed E-state index contributed by atoms with van der Waals surface area (Å²) in [5.74, 6) is 0. The second-order valence-corrected chi connectivity index (χ2v) is 6.84.